The summed E-state index contributed by atoms with van der Waals surface area (Å²) in [6.45, 7) is 2.06. The number of aromatic nitrogens is 1. The summed E-state index contributed by atoms with van der Waals surface area (Å²) in [5.74, 6) is 0.744. The van der Waals surface area contributed by atoms with Gasteiger partial charge in [-0.1, -0.05) is 19.1 Å². The molecule has 1 heterocycles. The summed E-state index contributed by atoms with van der Waals surface area (Å²) in [4.78, 5) is 13.2. The molecule has 0 bridgehead atoms. The standard InChI is InChI=1S/C9H8N2O.C9H12O2/c12-6-11-8-2-1-7-3-4-10-9(7)5-8;1-3-7-4-5-8(10)9(6-7)11-2/h1-6,10H,(H,11,12);4-6,10H,3H2,1-2H3. The summed E-state index contributed by atoms with van der Waals surface area (Å²) < 4.78 is 4.94. The van der Waals surface area contributed by atoms with Gasteiger partial charge in [0, 0.05) is 17.4 Å². The third-order valence-corrected chi connectivity index (χ3v) is 3.43. The molecule has 5 heteroatoms. The number of phenolic OH excluding ortho intramolecular Hbond substituents is 1. The van der Waals surface area contributed by atoms with Gasteiger partial charge in [0.25, 0.3) is 0 Å². The molecule has 0 aliphatic heterocycles. The normalized spacial score (nSPS) is 9.83. The van der Waals surface area contributed by atoms with Crippen molar-refractivity contribution in [1.82, 2.24) is 4.98 Å². The van der Waals surface area contributed by atoms with Gasteiger partial charge in [-0.05, 0) is 47.7 Å². The molecule has 5 nitrogen and oxygen atoms in total. The fraction of sp³-hybridized carbons (Fsp3) is 0.167. The smallest absolute Gasteiger partial charge is 0.211 e. The van der Waals surface area contributed by atoms with E-state index in [4.69, 9.17) is 4.74 Å². The zero-order valence-corrected chi connectivity index (χ0v) is 13.2. The van der Waals surface area contributed by atoms with Crippen LogP contribution in [-0.2, 0) is 11.2 Å². The highest BCUT2D eigenvalue weighted by Gasteiger charge is 1.99. The van der Waals surface area contributed by atoms with E-state index in [0.717, 1.165) is 23.0 Å². The van der Waals surface area contributed by atoms with Crippen molar-refractivity contribution < 1.29 is 14.6 Å². The predicted octanol–water partition coefficient (Wildman–Crippen LogP) is 3.70. The van der Waals surface area contributed by atoms with E-state index in [1.54, 1.807) is 13.2 Å². The first-order valence-corrected chi connectivity index (χ1v) is 7.31. The number of aromatic amines is 1. The second-order valence-corrected chi connectivity index (χ2v) is 4.90. The largest absolute Gasteiger partial charge is 0.504 e. The average Bonchev–Trinajstić information content (AvgIpc) is 3.04. The van der Waals surface area contributed by atoms with Gasteiger partial charge in [0.2, 0.25) is 6.41 Å². The van der Waals surface area contributed by atoms with E-state index >= 15 is 0 Å². The number of hydrogen-bond acceptors (Lipinski definition) is 3. The molecule has 3 aromatic rings. The number of nitrogens with one attached hydrogen (secondary N) is 2. The van der Waals surface area contributed by atoms with Gasteiger partial charge in [0.05, 0.1) is 7.11 Å². The molecule has 0 radical (unpaired) electrons. The lowest BCUT2D eigenvalue weighted by Gasteiger charge is -2.03. The van der Waals surface area contributed by atoms with E-state index in [9.17, 15) is 9.90 Å². The lowest BCUT2D eigenvalue weighted by Crippen LogP contribution is -1.92. The van der Waals surface area contributed by atoms with E-state index < -0.39 is 0 Å². The van der Waals surface area contributed by atoms with Crippen molar-refractivity contribution in [3.63, 3.8) is 0 Å². The number of ether oxygens (including phenoxy) is 1. The molecule has 0 unspecified atom stereocenters. The van der Waals surface area contributed by atoms with Gasteiger partial charge in [-0.2, -0.15) is 0 Å². The van der Waals surface area contributed by atoms with Gasteiger partial charge in [0.1, 0.15) is 0 Å². The van der Waals surface area contributed by atoms with Crippen LogP contribution in [0.3, 0.4) is 0 Å². The van der Waals surface area contributed by atoms with Gasteiger partial charge in [-0.3, -0.25) is 4.79 Å². The monoisotopic (exact) mass is 312 g/mol. The summed E-state index contributed by atoms with van der Waals surface area (Å²) in [7, 11) is 1.55. The lowest BCUT2D eigenvalue weighted by atomic mass is 10.1. The predicted molar refractivity (Wildman–Crippen MR) is 92.0 cm³/mol. The van der Waals surface area contributed by atoms with Gasteiger partial charge < -0.3 is 20.1 Å². The first-order chi connectivity index (χ1) is 11.2. The topological polar surface area (TPSA) is 74.3 Å². The maximum Gasteiger partial charge on any atom is 0.211 e. The SMILES string of the molecule is CCc1ccc(O)c(OC)c1.O=CNc1ccc2cc[nH]c2c1. The minimum absolute atomic E-state index is 0.199. The Morgan fingerprint density at radius 2 is 2.04 bits per heavy atom. The third-order valence-electron chi connectivity index (χ3n) is 3.43. The second-order valence-electron chi connectivity index (χ2n) is 4.90. The number of hydrogen-bond donors (Lipinski definition) is 3. The third kappa shape index (κ3) is 4.26. The molecule has 0 fully saturated rings. The Balaban J connectivity index is 0.000000168. The van der Waals surface area contributed by atoms with E-state index in [1.807, 2.05) is 42.6 Å². The highest BCUT2D eigenvalue weighted by molar-refractivity contribution is 5.85. The van der Waals surface area contributed by atoms with Crippen molar-refractivity contribution >= 4 is 23.0 Å². The number of methoxy groups -OCH3 is 1. The molecule has 2 aromatic carbocycles. The summed E-state index contributed by atoms with van der Waals surface area (Å²) in [6, 6.07) is 13.1. The molecule has 0 saturated heterocycles. The number of rotatable bonds is 4. The maximum atomic E-state index is 10.1. The average molecular weight is 312 g/mol. The van der Waals surface area contributed by atoms with Gasteiger partial charge >= 0.3 is 0 Å². The first-order valence-electron chi connectivity index (χ1n) is 7.31. The highest BCUT2D eigenvalue weighted by atomic mass is 16.5. The molecule has 0 aliphatic carbocycles. The van der Waals surface area contributed by atoms with Crippen molar-refractivity contribution in [2.45, 2.75) is 13.3 Å². The molecule has 0 saturated carbocycles. The molecule has 1 amide bonds. The Hall–Kier alpha value is -2.95. The first kappa shape index (κ1) is 16.4. The van der Waals surface area contributed by atoms with E-state index in [0.29, 0.717) is 12.2 Å². The zero-order valence-electron chi connectivity index (χ0n) is 13.2. The molecule has 0 atom stereocenters. The molecular weight excluding hydrogens is 292 g/mol. The maximum absolute atomic E-state index is 10.1. The number of carbonyl (C=O) groups is 1. The minimum atomic E-state index is 0.199. The number of benzene rings is 2. The van der Waals surface area contributed by atoms with Crippen molar-refractivity contribution in [1.29, 1.82) is 0 Å². The number of aryl methyl sites for hydroxylation is 1. The Morgan fingerprint density at radius 3 is 2.74 bits per heavy atom. The van der Waals surface area contributed by atoms with Crippen molar-refractivity contribution in [3.8, 4) is 11.5 Å². The molecule has 23 heavy (non-hydrogen) atoms. The molecule has 120 valence electrons. The van der Waals surface area contributed by atoms with Crippen molar-refractivity contribution in [3.05, 3.63) is 54.2 Å². The molecule has 0 spiro atoms. The van der Waals surface area contributed by atoms with Gasteiger partial charge in [-0.25, -0.2) is 0 Å². The van der Waals surface area contributed by atoms with Gasteiger partial charge in [0.15, 0.2) is 11.5 Å². The lowest BCUT2D eigenvalue weighted by molar-refractivity contribution is -0.105. The number of fused-ring (bicyclic) bond motifs is 1. The summed E-state index contributed by atoms with van der Waals surface area (Å²) >= 11 is 0. The van der Waals surface area contributed by atoms with Crippen LogP contribution in [0.25, 0.3) is 10.9 Å². The molecule has 3 rings (SSSR count). The van der Waals surface area contributed by atoms with E-state index in [-0.39, 0.29) is 5.75 Å². The number of H-pyrrole nitrogens is 1. The molecule has 3 N–H and O–H groups in total. The minimum Gasteiger partial charge on any atom is -0.504 e. The number of aromatic hydroxyl groups is 1. The van der Waals surface area contributed by atoms with Crippen LogP contribution in [0.1, 0.15) is 12.5 Å². The Labute approximate surface area is 134 Å². The fourth-order valence-corrected chi connectivity index (χ4v) is 2.15. The van der Waals surface area contributed by atoms with Crippen molar-refractivity contribution in [2.75, 3.05) is 12.4 Å². The van der Waals surface area contributed by atoms with Crippen LogP contribution >= 0.6 is 0 Å². The van der Waals surface area contributed by atoms with Crippen LogP contribution in [-0.4, -0.2) is 23.6 Å². The molecular formula is C18H20N2O3. The van der Waals surface area contributed by atoms with E-state index in [2.05, 4.69) is 17.2 Å². The van der Waals surface area contributed by atoms with Crippen LogP contribution in [0, 0.1) is 0 Å². The molecule has 1 aromatic heterocycles. The summed E-state index contributed by atoms with van der Waals surface area (Å²) in [5.41, 5.74) is 3.00. The number of anilines is 1. The Kier molecular flexibility index (Phi) is 5.63. The van der Waals surface area contributed by atoms with E-state index in [1.165, 1.54) is 5.56 Å². The van der Waals surface area contributed by atoms with Crippen LogP contribution in [0.4, 0.5) is 5.69 Å². The van der Waals surface area contributed by atoms with Crippen LogP contribution in [0.15, 0.2) is 48.7 Å². The van der Waals surface area contributed by atoms with Crippen LogP contribution < -0.4 is 10.1 Å². The number of phenols is 1. The second kappa shape index (κ2) is 7.89. The van der Waals surface area contributed by atoms with Gasteiger partial charge in [-0.15, -0.1) is 0 Å². The number of carbonyl (C=O) groups excluding carboxylic acids is 1. The molecule has 0 aliphatic rings. The fourth-order valence-electron chi connectivity index (χ4n) is 2.15. The van der Waals surface area contributed by atoms with Crippen LogP contribution in [0.5, 0.6) is 11.5 Å². The highest BCUT2D eigenvalue weighted by Crippen LogP contribution is 2.26. The van der Waals surface area contributed by atoms with Crippen molar-refractivity contribution in [2.24, 2.45) is 0 Å². The Morgan fingerprint density at radius 1 is 1.22 bits per heavy atom. The Bertz CT molecular complexity index is 781. The quantitative estimate of drug-likeness (QED) is 0.643. The summed E-state index contributed by atoms with van der Waals surface area (Å²) in [5, 5.41) is 12.9. The summed E-state index contributed by atoms with van der Waals surface area (Å²) in [6.07, 6.45) is 3.50. The number of amides is 1. The van der Waals surface area contributed by atoms with Crippen LogP contribution in [0.2, 0.25) is 0 Å². The zero-order chi connectivity index (χ0) is 16.7.